The van der Waals surface area contributed by atoms with E-state index < -0.39 is 5.91 Å². The first-order valence-electron chi connectivity index (χ1n) is 9.10. The quantitative estimate of drug-likeness (QED) is 0.371. The van der Waals surface area contributed by atoms with Gasteiger partial charge in [-0.05, 0) is 42.0 Å². The fraction of sp³-hybridized carbons (Fsp3) is 0.0417. The van der Waals surface area contributed by atoms with Crippen LogP contribution in [0, 0.1) is 22.7 Å². The third-order valence-corrected chi connectivity index (χ3v) is 5.11. The van der Waals surface area contributed by atoms with E-state index in [-0.39, 0.29) is 17.2 Å². The van der Waals surface area contributed by atoms with E-state index in [9.17, 15) is 10.1 Å². The number of carbonyl (C=O) groups excluding carboxylic acids is 1. The molecule has 0 saturated heterocycles. The Balaban J connectivity index is 1.69. The Morgan fingerprint density at radius 1 is 1.00 bits per heavy atom. The maximum Gasteiger partial charge on any atom is 0.266 e. The lowest BCUT2D eigenvalue weighted by atomic mass is 10.1. The molecule has 0 radical (unpaired) electrons. The summed E-state index contributed by atoms with van der Waals surface area (Å²) in [7, 11) is 0. The Labute approximate surface area is 189 Å². The number of benzene rings is 3. The monoisotopic (exact) mass is 447 g/mol. The van der Waals surface area contributed by atoms with E-state index in [0.29, 0.717) is 27.6 Å². The zero-order valence-corrected chi connectivity index (χ0v) is 17.6. The topological polar surface area (TPSA) is 85.9 Å². The molecule has 0 fully saturated rings. The van der Waals surface area contributed by atoms with Crippen molar-refractivity contribution in [2.24, 2.45) is 0 Å². The van der Waals surface area contributed by atoms with Crippen LogP contribution in [0.3, 0.4) is 0 Å². The first-order chi connectivity index (χ1) is 15.0. The third-order valence-electron chi connectivity index (χ3n) is 4.29. The van der Waals surface area contributed by atoms with Crippen LogP contribution >= 0.6 is 23.2 Å². The molecule has 0 aliphatic heterocycles. The van der Waals surface area contributed by atoms with E-state index in [1.54, 1.807) is 54.6 Å². The summed E-state index contributed by atoms with van der Waals surface area (Å²) >= 11 is 12.0. The number of amides is 1. The summed E-state index contributed by atoms with van der Waals surface area (Å²) in [5, 5.41) is 21.6. The maximum atomic E-state index is 12.4. The number of anilines is 1. The fourth-order valence-corrected chi connectivity index (χ4v) is 3.03. The highest BCUT2D eigenvalue weighted by Crippen LogP contribution is 2.29. The average molecular weight is 448 g/mol. The second-order valence-corrected chi connectivity index (χ2v) is 7.14. The van der Waals surface area contributed by atoms with Gasteiger partial charge in [-0.1, -0.05) is 59.6 Å². The first kappa shape index (κ1) is 21.9. The number of hydrogen-bond acceptors (Lipinski definition) is 4. The largest absolute Gasteiger partial charge is 0.489 e. The van der Waals surface area contributed by atoms with E-state index >= 15 is 0 Å². The van der Waals surface area contributed by atoms with Crippen molar-refractivity contribution in [3.63, 3.8) is 0 Å². The number of halogens is 2. The zero-order chi connectivity index (χ0) is 22.2. The molecule has 0 aliphatic rings. The van der Waals surface area contributed by atoms with Gasteiger partial charge in [-0.3, -0.25) is 4.79 Å². The average Bonchev–Trinajstić information content (AvgIpc) is 2.80. The number of ether oxygens (including phenoxy) is 1. The van der Waals surface area contributed by atoms with Gasteiger partial charge in [0.2, 0.25) is 0 Å². The van der Waals surface area contributed by atoms with Crippen molar-refractivity contribution in [1.29, 1.82) is 10.5 Å². The molecule has 5 nitrogen and oxygen atoms in total. The van der Waals surface area contributed by atoms with E-state index in [2.05, 4.69) is 11.4 Å². The summed E-state index contributed by atoms with van der Waals surface area (Å²) in [6.07, 6.45) is 1.46. The second kappa shape index (κ2) is 10.3. The summed E-state index contributed by atoms with van der Waals surface area (Å²) in [4.78, 5) is 12.4. The predicted octanol–water partition coefficient (Wildman–Crippen LogP) is 5.99. The van der Waals surface area contributed by atoms with Crippen LogP contribution in [0.1, 0.15) is 16.7 Å². The Morgan fingerprint density at radius 2 is 1.74 bits per heavy atom. The molecule has 1 N–H and O–H groups in total. The Hall–Kier alpha value is -3.77. The lowest BCUT2D eigenvalue weighted by molar-refractivity contribution is -0.112. The molecule has 3 aromatic rings. The summed E-state index contributed by atoms with van der Waals surface area (Å²) in [6.45, 7) is 0.255. The number of carbonyl (C=O) groups is 1. The van der Waals surface area contributed by atoms with Gasteiger partial charge in [0.25, 0.3) is 5.91 Å². The van der Waals surface area contributed by atoms with Gasteiger partial charge in [-0.25, -0.2) is 0 Å². The summed E-state index contributed by atoms with van der Waals surface area (Å²) in [5.74, 6) is -0.00124. The van der Waals surface area contributed by atoms with Crippen molar-refractivity contribution >= 4 is 40.9 Å². The Kier molecular flexibility index (Phi) is 7.30. The minimum absolute atomic E-state index is 0.0901. The van der Waals surface area contributed by atoms with Gasteiger partial charge < -0.3 is 10.1 Å². The van der Waals surface area contributed by atoms with Gasteiger partial charge >= 0.3 is 0 Å². The third kappa shape index (κ3) is 5.65. The van der Waals surface area contributed by atoms with Crippen LogP contribution in [0.5, 0.6) is 5.75 Å². The molecule has 0 aliphatic carbocycles. The van der Waals surface area contributed by atoms with E-state index in [4.69, 9.17) is 33.2 Å². The van der Waals surface area contributed by atoms with Gasteiger partial charge in [0, 0.05) is 5.56 Å². The first-order valence-corrected chi connectivity index (χ1v) is 9.85. The molecule has 7 heteroatoms. The summed E-state index contributed by atoms with van der Waals surface area (Å²) in [6, 6.07) is 23.0. The molecule has 0 atom stereocenters. The highest BCUT2D eigenvalue weighted by atomic mass is 35.5. The van der Waals surface area contributed by atoms with Crippen LogP contribution < -0.4 is 10.1 Å². The molecule has 0 aromatic heterocycles. The fourth-order valence-electron chi connectivity index (χ4n) is 2.68. The lowest BCUT2D eigenvalue weighted by Gasteiger charge is -2.08. The van der Waals surface area contributed by atoms with Crippen molar-refractivity contribution in [3.05, 3.63) is 99.0 Å². The molecular formula is C24H15Cl2N3O2. The van der Waals surface area contributed by atoms with Crippen LogP contribution in [-0.2, 0) is 11.4 Å². The Morgan fingerprint density at radius 3 is 2.45 bits per heavy atom. The molecule has 3 rings (SSSR count). The number of nitrogens with one attached hydrogen (secondary N) is 1. The van der Waals surface area contributed by atoms with Crippen molar-refractivity contribution in [1.82, 2.24) is 0 Å². The number of hydrogen-bond donors (Lipinski definition) is 1. The highest BCUT2D eigenvalue weighted by molar-refractivity contribution is 6.44. The van der Waals surface area contributed by atoms with Crippen LogP contribution in [0.2, 0.25) is 10.0 Å². The zero-order valence-electron chi connectivity index (χ0n) is 16.1. The van der Waals surface area contributed by atoms with Gasteiger partial charge in [0.05, 0.1) is 27.4 Å². The van der Waals surface area contributed by atoms with E-state index in [1.165, 1.54) is 6.08 Å². The number of rotatable bonds is 6. The summed E-state index contributed by atoms with van der Waals surface area (Å²) in [5.41, 5.74) is 2.23. The smallest absolute Gasteiger partial charge is 0.266 e. The normalized spacial score (nSPS) is 10.6. The molecule has 0 spiro atoms. The predicted molar refractivity (Wildman–Crippen MR) is 121 cm³/mol. The minimum Gasteiger partial charge on any atom is -0.489 e. The van der Waals surface area contributed by atoms with E-state index in [0.717, 1.165) is 5.56 Å². The van der Waals surface area contributed by atoms with Gasteiger partial charge in [0.1, 0.15) is 24.0 Å². The lowest BCUT2D eigenvalue weighted by Crippen LogP contribution is -2.13. The summed E-state index contributed by atoms with van der Waals surface area (Å²) < 4.78 is 5.73. The molecule has 1 amide bonds. The molecule has 0 unspecified atom stereocenters. The van der Waals surface area contributed by atoms with Crippen LogP contribution in [0.4, 0.5) is 5.69 Å². The van der Waals surface area contributed by atoms with Crippen LogP contribution in [0.15, 0.2) is 72.3 Å². The van der Waals surface area contributed by atoms with Gasteiger partial charge in [-0.15, -0.1) is 0 Å². The molecule has 152 valence electrons. The Bertz CT molecular complexity index is 1220. The second-order valence-electron chi connectivity index (χ2n) is 6.35. The molecule has 0 bridgehead atoms. The SMILES string of the molecule is N#C/C(=C/c1ccc(OCc2ccccc2C#N)cc1)C(=O)Nc1cccc(Cl)c1Cl. The number of nitriles is 2. The van der Waals surface area contributed by atoms with Gasteiger partial charge in [-0.2, -0.15) is 10.5 Å². The van der Waals surface area contributed by atoms with Crippen molar-refractivity contribution in [3.8, 4) is 17.9 Å². The number of nitrogens with zero attached hydrogens (tertiary/aromatic N) is 2. The van der Waals surface area contributed by atoms with Crippen LogP contribution in [-0.4, -0.2) is 5.91 Å². The highest BCUT2D eigenvalue weighted by Gasteiger charge is 2.13. The molecule has 0 heterocycles. The van der Waals surface area contributed by atoms with Crippen LogP contribution in [0.25, 0.3) is 6.08 Å². The standard InChI is InChI=1S/C24H15Cl2N3O2/c25-21-6-3-7-22(23(21)26)29-24(30)19(14-28)12-16-8-10-20(11-9-16)31-15-18-5-2-1-4-17(18)13-27/h1-12H,15H2,(H,29,30)/b19-12-. The molecule has 3 aromatic carbocycles. The van der Waals surface area contributed by atoms with Crippen molar-refractivity contribution in [2.75, 3.05) is 5.32 Å². The molecule has 0 saturated carbocycles. The molecular weight excluding hydrogens is 433 g/mol. The maximum absolute atomic E-state index is 12.4. The van der Waals surface area contributed by atoms with Crippen molar-refractivity contribution < 1.29 is 9.53 Å². The van der Waals surface area contributed by atoms with Crippen molar-refractivity contribution in [2.45, 2.75) is 6.61 Å². The van der Waals surface area contributed by atoms with Gasteiger partial charge in [0.15, 0.2) is 0 Å². The molecule has 31 heavy (non-hydrogen) atoms. The van der Waals surface area contributed by atoms with E-state index in [1.807, 2.05) is 18.2 Å². The minimum atomic E-state index is -0.597.